The van der Waals surface area contributed by atoms with Crippen LogP contribution in [0.15, 0.2) is 42.5 Å². The third-order valence-corrected chi connectivity index (χ3v) is 4.23. The number of rotatable bonds is 7. The first-order valence-corrected chi connectivity index (χ1v) is 8.23. The van der Waals surface area contributed by atoms with E-state index >= 15 is 0 Å². The fourth-order valence-electron chi connectivity index (χ4n) is 2.67. The molecule has 0 fully saturated rings. The molecule has 2 unspecified atom stereocenters. The maximum absolute atomic E-state index is 13.7. The maximum atomic E-state index is 13.7. The number of esters is 1. The second kappa shape index (κ2) is 9.38. The summed E-state index contributed by atoms with van der Waals surface area (Å²) in [7, 11) is 0. The van der Waals surface area contributed by atoms with Crippen LogP contribution in [0.5, 0.6) is 0 Å². The van der Waals surface area contributed by atoms with Crippen molar-refractivity contribution < 1.29 is 27.1 Å². The Morgan fingerprint density at radius 3 is 2.33 bits per heavy atom. The van der Waals surface area contributed by atoms with E-state index in [1.165, 1.54) is 18.2 Å². The van der Waals surface area contributed by atoms with Crippen molar-refractivity contribution in [3.63, 3.8) is 0 Å². The molecule has 2 aromatic rings. The zero-order valence-electron chi connectivity index (χ0n) is 13.8. The van der Waals surface area contributed by atoms with Gasteiger partial charge in [0.2, 0.25) is 0 Å². The van der Waals surface area contributed by atoms with Crippen LogP contribution in [0.2, 0.25) is 5.02 Å². The number of hydrogen-bond donors (Lipinski definition) is 0. The molecule has 3 nitrogen and oxygen atoms in total. The number of nitriles is 1. The number of ether oxygens (including phenoxy) is 1. The lowest BCUT2D eigenvalue weighted by Gasteiger charge is -2.23. The van der Waals surface area contributed by atoms with Gasteiger partial charge in [0.25, 0.3) is 6.43 Å². The summed E-state index contributed by atoms with van der Waals surface area (Å²) in [5.74, 6) is -4.14. The summed E-state index contributed by atoms with van der Waals surface area (Å²) in [6, 6.07) is 10.4. The number of alkyl halides is 2. The molecular weight excluding hydrogens is 386 g/mol. The Labute approximate surface area is 158 Å². The third kappa shape index (κ3) is 5.69. The van der Waals surface area contributed by atoms with Crippen LogP contribution in [0.25, 0.3) is 0 Å². The lowest BCUT2D eigenvalue weighted by atomic mass is 9.80. The lowest BCUT2D eigenvalue weighted by molar-refractivity contribution is -0.148. The minimum atomic E-state index is -2.84. The summed E-state index contributed by atoms with van der Waals surface area (Å²) in [6.07, 6.45) is -3.32. The molecule has 0 N–H and O–H groups in total. The van der Waals surface area contributed by atoms with Gasteiger partial charge in [0.1, 0.15) is 11.6 Å². The normalized spacial score (nSPS) is 13.1. The molecule has 0 saturated heterocycles. The van der Waals surface area contributed by atoms with E-state index in [2.05, 4.69) is 4.74 Å². The molecule has 0 saturated carbocycles. The average molecular weight is 400 g/mol. The molecule has 0 aliphatic carbocycles. The number of carbonyl (C=O) groups is 1. The van der Waals surface area contributed by atoms with E-state index in [0.29, 0.717) is 5.56 Å². The zero-order chi connectivity index (χ0) is 20.0. The number of carbonyl (C=O) groups excluding carboxylic acids is 1. The first-order chi connectivity index (χ1) is 12.8. The van der Waals surface area contributed by atoms with Crippen LogP contribution >= 0.6 is 11.6 Å². The summed E-state index contributed by atoms with van der Waals surface area (Å²) < 4.78 is 55.9. The molecule has 2 atom stereocenters. The van der Waals surface area contributed by atoms with Crippen molar-refractivity contribution in [3.05, 3.63) is 70.2 Å². The molecular formula is C19H14ClF4NO2. The van der Waals surface area contributed by atoms with Crippen LogP contribution in [0.3, 0.4) is 0 Å². The molecule has 0 aliphatic heterocycles. The predicted molar refractivity (Wildman–Crippen MR) is 90.5 cm³/mol. The standard InChI is InChI=1S/C19H14ClF4NO2/c20-17-6-5-13(22)7-15(17)14(8-19(26)27-10-18(23)24)16(9-25)11-1-3-12(21)4-2-11/h1-7,14,16,18H,8,10H2. The van der Waals surface area contributed by atoms with E-state index < -0.39 is 48.9 Å². The van der Waals surface area contributed by atoms with E-state index in [-0.39, 0.29) is 10.6 Å². The van der Waals surface area contributed by atoms with Gasteiger partial charge in [-0.05, 0) is 41.5 Å². The highest BCUT2D eigenvalue weighted by molar-refractivity contribution is 6.31. The Kier molecular flexibility index (Phi) is 7.19. The molecule has 2 rings (SSSR count). The highest BCUT2D eigenvalue weighted by Crippen LogP contribution is 2.39. The first-order valence-electron chi connectivity index (χ1n) is 7.85. The minimum absolute atomic E-state index is 0.102. The SMILES string of the molecule is N#CC(c1ccc(F)cc1)C(CC(=O)OCC(F)F)c1cc(F)ccc1Cl. The first kappa shape index (κ1) is 20.7. The molecule has 0 amide bonds. The molecule has 0 aromatic heterocycles. The summed E-state index contributed by atoms with van der Waals surface area (Å²) in [4.78, 5) is 12.0. The van der Waals surface area contributed by atoms with Crippen LogP contribution in [0.4, 0.5) is 17.6 Å². The molecule has 27 heavy (non-hydrogen) atoms. The Balaban J connectivity index is 2.41. The van der Waals surface area contributed by atoms with Gasteiger partial charge in [-0.15, -0.1) is 0 Å². The summed E-state index contributed by atoms with van der Waals surface area (Å²) in [5, 5.41) is 9.72. The summed E-state index contributed by atoms with van der Waals surface area (Å²) in [5.41, 5.74) is 0.521. The smallest absolute Gasteiger partial charge is 0.306 e. The van der Waals surface area contributed by atoms with Gasteiger partial charge in [-0.2, -0.15) is 5.26 Å². The molecule has 0 bridgehead atoms. The van der Waals surface area contributed by atoms with Gasteiger partial charge in [0.15, 0.2) is 6.61 Å². The van der Waals surface area contributed by atoms with Crippen molar-refractivity contribution in [1.82, 2.24) is 0 Å². The predicted octanol–water partition coefficient (Wildman–Crippen LogP) is 5.21. The monoisotopic (exact) mass is 399 g/mol. The van der Waals surface area contributed by atoms with Crippen molar-refractivity contribution in [2.45, 2.75) is 24.7 Å². The Morgan fingerprint density at radius 1 is 1.11 bits per heavy atom. The molecule has 0 heterocycles. The number of hydrogen-bond acceptors (Lipinski definition) is 3. The summed E-state index contributed by atoms with van der Waals surface area (Å²) >= 11 is 6.11. The van der Waals surface area contributed by atoms with Crippen LogP contribution in [0, 0.1) is 23.0 Å². The number of halogens is 5. The second-order valence-corrected chi connectivity index (χ2v) is 6.12. The lowest BCUT2D eigenvalue weighted by Crippen LogP contribution is -2.19. The van der Waals surface area contributed by atoms with Crippen LogP contribution in [0.1, 0.15) is 29.4 Å². The van der Waals surface area contributed by atoms with E-state index in [4.69, 9.17) is 11.6 Å². The van der Waals surface area contributed by atoms with Crippen LogP contribution < -0.4 is 0 Å². The van der Waals surface area contributed by atoms with Crippen LogP contribution in [-0.2, 0) is 9.53 Å². The van der Waals surface area contributed by atoms with Crippen molar-refractivity contribution in [1.29, 1.82) is 5.26 Å². The van der Waals surface area contributed by atoms with Gasteiger partial charge >= 0.3 is 5.97 Å². The third-order valence-electron chi connectivity index (χ3n) is 3.88. The second-order valence-electron chi connectivity index (χ2n) is 5.71. The van der Waals surface area contributed by atoms with Gasteiger partial charge in [-0.25, -0.2) is 17.6 Å². The maximum Gasteiger partial charge on any atom is 0.306 e. The fourth-order valence-corrected chi connectivity index (χ4v) is 2.93. The minimum Gasteiger partial charge on any atom is -0.460 e. The quantitative estimate of drug-likeness (QED) is 0.474. The van der Waals surface area contributed by atoms with E-state index in [1.807, 2.05) is 6.07 Å². The van der Waals surface area contributed by atoms with Crippen LogP contribution in [-0.4, -0.2) is 19.0 Å². The molecule has 0 spiro atoms. The molecule has 0 radical (unpaired) electrons. The highest BCUT2D eigenvalue weighted by atomic mass is 35.5. The highest BCUT2D eigenvalue weighted by Gasteiger charge is 2.30. The van der Waals surface area contributed by atoms with Gasteiger partial charge in [0, 0.05) is 10.9 Å². The van der Waals surface area contributed by atoms with Crippen molar-refractivity contribution in [3.8, 4) is 6.07 Å². The van der Waals surface area contributed by atoms with Gasteiger partial charge in [0.05, 0.1) is 18.4 Å². The topological polar surface area (TPSA) is 50.1 Å². The molecule has 142 valence electrons. The van der Waals surface area contributed by atoms with Gasteiger partial charge < -0.3 is 4.74 Å². The van der Waals surface area contributed by atoms with Crippen molar-refractivity contribution in [2.24, 2.45) is 0 Å². The average Bonchev–Trinajstić information content (AvgIpc) is 2.63. The zero-order valence-corrected chi connectivity index (χ0v) is 14.6. The number of benzene rings is 2. The van der Waals surface area contributed by atoms with Gasteiger partial charge in [-0.3, -0.25) is 4.79 Å². The van der Waals surface area contributed by atoms with E-state index in [1.54, 1.807) is 0 Å². The Bertz CT molecular complexity index is 837. The van der Waals surface area contributed by atoms with E-state index in [9.17, 15) is 27.6 Å². The van der Waals surface area contributed by atoms with E-state index in [0.717, 1.165) is 24.3 Å². The Morgan fingerprint density at radius 2 is 1.74 bits per heavy atom. The molecule has 0 aliphatic rings. The molecule has 2 aromatic carbocycles. The fraction of sp³-hybridized carbons (Fsp3) is 0.263. The van der Waals surface area contributed by atoms with Gasteiger partial charge in [-0.1, -0.05) is 23.7 Å². The van der Waals surface area contributed by atoms with Crippen molar-refractivity contribution in [2.75, 3.05) is 6.61 Å². The Hall–Kier alpha value is -2.59. The largest absolute Gasteiger partial charge is 0.460 e. The number of nitrogens with zero attached hydrogens (tertiary/aromatic N) is 1. The summed E-state index contributed by atoms with van der Waals surface area (Å²) in [6.45, 7) is -1.09. The van der Waals surface area contributed by atoms with Crippen molar-refractivity contribution >= 4 is 17.6 Å². The molecule has 8 heteroatoms.